The van der Waals surface area contributed by atoms with Crippen LogP contribution in [0.4, 0.5) is 5.69 Å². The van der Waals surface area contributed by atoms with E-state index in [0.717, 1.165) is 14.3 Å². The first kappa shape index (κ1) is 15.5. The van der Waals surface area contributed by atoms with Gasteiger partial charge in [0.25, 0.3) is 5.69 Å². The third-order valence-corrected chi connectivity index (χ3v) is 4.63. The summed E-state index contributed by atoms with van der Waals surface area (Å²) in [5.74, 6) is -0.877. The Balaban J connectivity index is 2.15. The predicted octanol–water partition coefficient (Wildman–Crippen LogP) is 4.14. The Labute approximate surface area is 133 Å². The molecule has 0 radical (unpaired) electrons. The van der Waals surface area contributed by atoms with Crippen molar-refractivity contribution >= 4 is 39.3 Å². The van der Waals surface area contributed by atoms with E-state index in [1.54, 1.807) is 24.3 Å². The van der Waals surface area contributed by atoms with Crippen LogP contribution in [0.25, 0.3) is 0 Å². The first-order valence-electron chi connectivity index (χ1n) is 5.88. The highest BCUT2D eigenvalue weighted by atomic mass is 79.9. The fraction of sp³-hybridized carbons (Fsp3) is 0.0714. The molecule has 0 saturated carbocycles. The molecule has 0 heterocycles. The van der Waals surface area contributed by atoms with Crippen molar-refractivity contribution in [2.24, 2.45) is 0 Å². The van der Waals surface area contributed by atoms with Gasteiger partial charge in [-0.2, -0.15) is 0 Å². The van der Waals surface area contributed by atoms with Gasteiger partial charge in [0.15, 0.2) is 0 Å². The Kier molecular flexibility index (Phi) is 4.98. The van der Waals surface area contributed by atoms with Crippen molar-refractivity contribution in [3.8, 4) is 0 Å². The maximum atomic E-state index is 10.7. The van der Waals surface area contributed by atoms with Crippen LogP contribution in [0.1, 0.15) is 5.56 Å². The average Bonchev–Trinajstić information content (AvgIpc) is 2.42. The molecule has 0 atom stereocenters. The van der Waals surface area contributed by atoms with Gasteiger partial charge < -0.3 is 5.11 Å². The van der Waals surface area contributed by atoms with E-state index in [9.17, 15) is 14.9 Å². The van der Waals surface area contributed by atoms with Crippen LogP contribution in [0.2, 0.25) is 0 Å². The largest absolute Gasteiger partial charge is 0.481 e. The zero-order chi connectivity index (χ0) is 15.4. The Morgan fingerprint density at radius 3 is 2.43 bits per heavy atom. The van der Waals surface area contributed by atoms with E-state index in [-0.39, 0.29) is 12.1 Å². The highest BCUT2D eigenvalue weighted by molar-refractivity contribution is 9.10. The number of non-ortho nitro benzene ring substituents is 1. The number of nitro groups is 1. The van der Waals surface area contributed by atoms with Crippen LogP contribution in [0, 0.1) is 10.1 Å². The fourth-order valence-corrected chi connectivity index (χ4v) is 3.16. The van der Waals surface area contributed by atoms with Crippen LogP contribution >= 0.6 is 27.7 Å². The van der Waals surface area contributed by atoms with Crippen LogP contribution < -0.4 is 0 Å². The Morgan fingerprint density at radius 1 is 1.24 bits per heavy atom. The summed E-state index contributed by atoms with van der Waals surface area (Å²) in [4.78, 5) is 22.6. The molecule has 0 bridgehead atoms. The molecule has 5 nitrogen and oxygen atoms in total. The molecule has 0 fully saturated rings. The number of carboxylic acid groups (broad SMARTS) is 1. The minimum Gasteiger partial charge on any atom is -0.481 e. The first-order valence-corrected chi connectivity index (χ1v) is 7.49. The molecule has 1 N–H and O–H groups in total. The zero-order valence-electron chi connectivity index (χ0n) is 10.7. The van der Waals surface area contributed by atoms with Gasteiger partial charge in [-0.25, -0.2) is 0 Å². The van der Waals surface area contributed by atoms with E-state index >= 15 is 0 Å². The number of rotatable bonds is 5. The molecule has 0 aliphatic heterocycles. The summed E-state index contributed by atoms with van der Waals surface area (Å²) in [6, 6.07) is 11.6. The third-order valence-electron chi connectivity index (χ3n) is 2.63. The van der Waals surface area contributed by atoms with Crippen LogP contribution in [-0.4, -0.2) is 16.0 Å². The number of carboxylic acids is 1. The quantitative estimate of drug-likeness (QED) is 0.634. The van der Waals surface area contributed by atoms with Gasteiger partial charge in [0.1, 0.15) is 0 Å². The third kappa shape index (κ3) is 4.30. The molecule has 21 heavy (non-hydrogen) atoms. The molecule has 2 aromatic carbocycles. The number of hydrogen-bond acceptors (Lipinski definition) is 4. The molecule has 108 valence electrons. The van der Waals surface area contributed by atoms with Crippen molar-refractivity contribution in [1.82, 2.24) is 0 Å². The van der Waals surface area contributed by atoms with E-state index in [2.05, 4.69) is 15.9 Å². The topological polar surface area (TPSA) is 80.4 Å². The average molecular weight is 368 g/mol. The van der Waals surface area contributed by atoms with Gasteiger partial charge in [-0.05, 0) is 45.8 Å². The van der Waals surface area contributed by atoms with Crippen molar-refractivity contribution in [3.63, 3.8) is 0 Å². The van der Waals surface area contributed by atoms with Crippen LogP contribution in [0.3, 0.4) is 0 Å². The van der Waals surface area contributed by atoms with E-state index in [1.165, 1.54) is 23.9 Å². The summed E-state index contributed by atoms with van der Waals surface area (Å²) < 4.78 is 0.796. The van der Waals surface area contributed by atoms with E-state index in [4.69, 9.17) is 5.11 Å². The van der Waals surface area contributed by atoms with Gasteiger partial charge in [-0.1, -0.05) is 17.8 Å². The van der Waals surface area contributed by atoms with Gasteiger partial charge in [0.2, 0.25) is 0 Å². The highest BCUT2D eigenvalue weighted by Crippen LogP contribution is 2.34. The van der Waals surface area contributed by atoms with Crippen molar-refractivity contribution < 1.29 is 14.8 Å². The second kappa shape index (κ2) is 6.73. The molecule has 0 saturated heterocycles. The van der Waals surface area contributed by atoms with Crippen molar-refractivity contribution in [3.05, 3.63) is 62.6 Å². The number of benzene rings is 2. The second-order valence-corrected chi connectivity index (χ2v) is 6.16. The van der Waals surface area contributed by atoms with E-state index < -0.39 is 10.9 Å². The van der Waals surface area contributed by atoms with Gasteiger partial charge >= 0.3 is 5.97 Å². The Morgan fingerprint density at radius 2 is 1.90 bits per heavy atom. The second-order valence-electron chi connectivity index (χ2n) is 4.19. The molecular formula is C14H10BrNO4S. The molecule has 0 aliphatic carbocycles. The van der Waals surface area contributed by atoms with Crippen LogP contribution in [0.5, 0.6) is 0 Å². The number of halogens is 1. The number of nitro benzene ring substituents is 1. The van der Waals surface area contributed by atoms with Crippen LogP contribution in [-0.2, 0) is 11.2 Å². The Hall–Kier alpha value is -1.86. The van der Waals surface area contributed by atoms with Gasteiger partial charge in [-0.15, -0.1) is 0 Å². The molecular weight excluding hydrogens is 358 g/mol. The lowest BCUT2D eigenvalue weighted by molar-refractivity contribution is -0.384. The van der Waals surface area contributed by atoms with Crippen molar-refractivity contribution in [2.45, 2.75) is 16.2 Å². The van der Waals surface area contributed by atoms with Crippen LogP contribution in [0.15, 0.2) is 56.7 Å². The number of carbonyl (C=O) groups is 1. The van der Waals surface area contributed by atoms with E-state index in [1.807, 2.05) is 6.07 Å². The smallest absolute Gasteiger partial charge is 0.307 e. The van der Waals surface area contributed by atoms with Gasteiger partial charge in [-0.3, -0.25) is 14.9 Å². The summed E-state index contributed by atoms with van der Waals surface area (Å²) >= 11 is 4.86. The maximum Gasteiger partial charge on any atom is 0.307 e. The summed E-state index contributed by atoms with van der Waals surface area (Å²) in [6.45, 7) is 0. The molecule has 0 aromatic heterocycles. The normalized spacial score (nSPS) is 10.3. The fourth-order valence-electron chi connectivity index (χ4n) is 1.67. The minimum absolute atomic E-state index is 0.0267. The number of aliphatic carboxylic acids is 1. The minimum atomic E-state index is -0.877. The van der Waals surface area contributed by atoms with Crippen molar-refractivity contribution in [1.29, 1.82) is 0 Å². The molecule has 2 rings (SSSR count). The lowest BCUT2D eigenvalue weighted by Gasteiger charge is -2.06. The highest BCUT2D eigenvalue weighted by Gasteiger charge is 2.08. The summed E-state index contributed by atoms with van der Waals surface area (Å²) in [5.41, 5.74) is 0.762. The lowest BCUT2D eigenvalue weighted by atomic mass is 10.2. The Bertz CT molecular complexity index is 688. The summed E-state index contributed by atoms with van der Waals surface area (Å²) in [7, 11) is 0. The molecule has 0 amide bonds. The maximum absolute atomic E-state index is 10.7. The molecule has 0 aliphatic rings. The zero-order valence-corrected chi connectivity index (χ0v) is 13.1. The van der Waals surface area contributed by atoms with Gasteiger partial charge in [0.05, 0.1) is 11.3 Å². The number of hydrogen-bond donors (Lipinski definition) is 1. The lowest BCUT2D eigenvalue weighted by Crippen LogP contribution is -1.99. The first-order chi connectivity index (χ1) is 9.95. The molecule has 0 unspecified atom stereocenters. The molecule has 0 spiro atoms. The standard InChI is InChI=1S/C14H10BrNO4S/c15-12-7-9(8-14(17)18)1-6-13(12)21-11-4-2-10(3-5-11)16(19)20/h1-7H,8H2,(H,17,18). The van der Waals surface area contributed by atoms with E-state index in [0.29, 0.717) is 5.56 Å². The monoisotopic (exact) mass is 367 g/mol. The number of nitrogens with zero attached hydrogens (tertiary/aromatic N) is 1. The summed E-state index contributed by atoms with van der Waals surface area (Å²) in [6.07, 6.45) is -0.0267. The van der Waals surface area contributed by atoms with Gasteiger partial charge in [0, 0.05) is 26.4 Å². The summed E-state index contributed by atoms with van der Waals surface area (Å²) in [5, 5.41) is 19.4. The SMILES string of the molecule is O=C(O)Cc1ccc(Sc2ccc([N+](=O)[O-])cc2)c(Br)c1. The molecule has 7 heteroatoms. The van der Waals surface area contributed by atoms with Crippen molar-refractivity contribution in [2.75, 3.05) is 0 Å². The molecule has 2 aromatic rings. The predicted molar refractivity (Wildman–Crippen MR) is 82.7 cm³/mol.